The molecule has 0 radical (unpaired) electrons. The summed E-state index contributed by atoms with van der Waals surface area (Å²) >= 11 is 0. The summed E-state index contributed by atoms with van der Waals surface area (Å²) in [6, 6.07) is 33.6. The van der Waals surface area contributed by atoms with Crippen LogP contribution in [-0.4, -0.2) is 11.1 Å². The number of para-hydroxylation sites is 2. The molecule has 4 aromatic rings. The molecule has 1 unspecified atom stereocenters. The van der Waals surface area contributed by atoms with Crippen LogP contribution in [0.2, 0.25) is 0 Å². The van der Waals surface area contributed by atoms with Crippen molar-refractivity contribution < 1.29 is 5.11 Å². The van der Waals surface area contributed by atoms with Crippen molar-refractivity contribution in [1.82, 2.24) is 0 Å². The van der Waals surface area contributed by atoms with Crippen LogP contribution in [0, 0.1) is 0 Å². The van der Waals surface area contributed by atoms with E-state index in [0.717, 1.165) is 30.4 Å². The number of hydrogen-bond donors (Lipinski definition) is 2. The van der Waals surface area contributed by atoms with E-state index in [1.165, 1.54) is 45.0 Å². The highest BCUT2D eigenvalue weighted by Gasteiger charge is 2.36. The number of phenolic OH excluding ortho intramolecular Hbond substituents is 1. The van der Waals surface area contributed by atoms with Gasteiger partial charge in [0.1, 0.15) is 5.75 Å². The summed E-state index contributed by atoms with van der Waals surface area (Å²) < 4.78 is 0. The minimum absolute atomic E-state index is 0.311. The van der Waals surface area contributed by atoms with Crippen LogP contribution in [0.3, 0.4) is 0 Å². The smallest absolute Gasteiger partial charge is 0.123 e. The fourth-order valence-electron chi connectivity index (χ4n) is 6.09. The maximum Gasteiger partial charge on any atom is 0.123 e. The second-order valence-corrected chi connectivity index (χ2v) is 10.3. The number of allylic oxidation sites excluding steroid dienone is 6. The van der Waals surface area contributed by atoms with Crippen molar-refractivity contribution in [1.29, 1.82) is 0 Å². The van der Waals surface area contributed by atoms with Gasteiger partial charge in [-0.3, -0.25) is 0 Å². The molecule has 0 spiro atoms. The Morgan fingerprint density at radius 3 is 2.41 bits per heavy atom. The number of phenols is 1. The summed E-state index contributed by atoms with van der Waals surface area (Å²) in [6.45, 7) is 0. The van der Waals surface area contributed by atoms with Crippen LogP contribution in [0.1, 0.15) is 30.4 Å². The molecule has 7 rings (SSSR count). The van der Waals surface area contributed by atoms with E-state index >= 15 is 0 Å². The van der Waals surface area contributed by atoms with Gasteiger partial charge in [-0.15, -0.1) is 0 Å². The van der Waals surface area contributed by atoms with Gasteiger partial charge < -0.3 is 15.3 Å². The minimum Gasteiger partial charge on any atom is -0.507 e. The maximum absolute atomic E-state index is 10.3. The number of anilines is 3. The maximum atomic E-state index is 10.3. The van der Waals surface area contributed by atoms with Crippen molar-refractivity contribution in [3.8, 4) is 16.9 Å². The van der Waals surface area contributed by atoms with Gasteiger partial charge in [0.2, 0.25) is 0 Å². The predicted molar refractivity (Wildman–Crippen MR) is 163 cm³/mol. The van der Waals surface area contributed by atoms with Gasteiger partial charge in [0.25, 0.3) is 0 Å². The summed E-state index contributed by atoms with van der Waals surface area (Å²) in [5.74, 6) is 0.311. The standard InChI is InChI=1S/C36H30N2O/c39-35-19-7-5-14-30(35)27-11-8-10-26(24-27)25-20-22-28(23-21-25)37-32-16-9-18-34-36(32)31-15-4-6-17-33(31)38(34)29-12-2-1-3-13-29/h1-16,18-20,22,24,33,37,39H,17,21,23H2. The van der Waals surface area contributed by atoms with Gasteiger partial charge in [-0.2, -0.15) is 0 Å². The van der Waals surface area contributed by atoms with Crippen molar-refractivity contribution >= 4 is 28.2 Å². The Hall–Kier alpha value is -4.76. The van der Waals surface area contributed by atoms with E-state index < -0.39 is 0 Å². The first kappa shape index (κ1) is 23.4. The Morgan fingerprint density at radius 1 is 0.744 bits per heavy atom. The molecule has 4 aromatic carbocycles. The summed E-state index contributed by atoms with van der Waals surface area (Å²) in [5.41, 5.74) is 12.0. The van der Waals surface area contributed by atoms with Gasteiger partial charge in [0, 0.05) is 28.2 Å². The molecule has 2 N–H and O–H groups in total. The van der Waals surface area contributed by atoms with Gasteiger partial charge in [-0.05, 0) is 84.0 Å². The third-order valence-electron chi connectivity index (χ3n) is 7.96. The number of fused-ring (bicyclic) bond motifs is 3. The summed E-state index contributed by atoms with van der Waals surface area (Å²) in [5, 5.41) is 14.1. The second kappa shape index (κ2) is 9.85. The molecule has 0 amide bonds. The molecular weight excluding hydrogens is 476 g/mol. The van der Waals surface area contributed by atoms with Gasteiger partial charge in [0.05, 0.1) is 11.7 Å². The molecule has 3 aliphatic rings. The fourth-order valence-corrected chi connectivity index (χ4v) is 6.09. The highest BCUT2D eigenvalue weighted by molar-refractivity contribution is 5.98. The zero-order chi connectivity index (χ0) is 26.2. The average Bonchev–Trinajstić information content (AvgIpc) is 3.34. The van der Waals surface area contributed by atoms with Crippen LogP contribution >= 0.6 is 0 Å². The number of benzene rings is 4. The number of nitrogens with zero attached hydrogens (tertiary/aromatic N) is 1. The first-order chi connectivity index (χ1) is 19.3. The van der Waals surface area contributed by atoms with Crippen molar-refractivity contribution in [3.05, 3.63) is 144 Å². The van der Waals surface area contributed by atoms with Crippen molar-refractivity contribution in [2.45, 2.75) is 25.3 Å². The van der Waals surface area contributed by atoms with Crippen LogP contribution in [0.4, 0.5) is 17.1 Å². The summed E-state index contributed by atoms with van der Waals surface area (Å²) in [7, 11) is 0. The number of hydrogen-bond acceptors (Lipinski definition) is 3. The van der Waals surface area contributed by atoms with E-state index in [9.17, 15) is 5.11 Å². The number of nitrogens with one attached hydrogen (secondary N) is 1. The Bertz CT molecular complexity index is 1680. The Morgan fingerprint density at radius 2 is 1.56 bits per heavy atom. The third kappa shape index (κ3) is 4.26. The molecule has 0 saturated carbocycles. The molecule has 3 nitrogen and oxygen atoms in total. The number of rotatable bonds is 5. The Labute approximate surface area is 229 Å². The zero-order valence-electron chi connectivity index (χ0n) is 21.7. The van der Waals surface area contributed by atoms with Gasteiger partial charge in [-0.1, -0.05) is 85.0 Å². The van der Waals surface area contributed by atoms with Crippen LogP contribution < -0.4 is 10.2 Å². The summed E-state index contributed by atoms with van der Waals surface area (Å²) in [4.78, 5) is 2.49. The molecule has 0 saturated heterocycles. The van der Waals surface area contributed by atoms with Gasteiger partial charge in [0.15, 0.2) is 0 Å². The highest BCUT2D eigenvalue weighted by Crippen LogP contribution is 2.50. The van der Waals surface area contributed by atoms with Crippen LogP contribution in [0.15, 0.2) is 133 Å². The molecule has 190 valence electrons. The Kier molecular flexibility index (Phi) is 5.90. The topological polar surface area (TPSA) is 35.5 Å². The quantitative estimate of drug-likeness (QED) is 0.283. The number of aromatic hydroxyl groups is 1. The lowest BCUT2D eigenvalue weighted by Crippen LogP contribution is -2.26. The van der Waals surface area contributed by atoms with E-state index in [1.807, 2.05) is 18.2 Å². The van der Waals surface area contributed by atoms with Crippen LogP contribution in [0.5, 0.6) is 5.75 Å². The molecule has 1 aliphatic heterocycles. The largest absolute Gasteiger partial charge is 0.507 e. The van der Waals surface area contributed by atoms with Gasteiger partial charge in [-0.25, -0.2) is 0 Å². The Balaban J connectivity index is 1.19. The van der Waals surface area contributed by atoms with E-state index in [0.29, 0.717) is 11.8 Å². The molecule has 39 heavy (non-hydrogen) atoms. The lowest BCUT2D eigenvalue weighted by Gasteiger charge is -2.28. The van der Waals surface area contributed by atoms with Crippen molar-refractivity contribution in [2.24, 2.45) is 0 Å². The van der Waals surface area contributed by atoms with Crippen LogP contribution in [-0.2, 0) is 0 Å². The van der Waals surface area contributed by atoms with E-state index in [2.05, 4.69) is 113 Å². The van der Waals surface area contributed by atoms with Gasteiger partial charge >= 0.3 is 0 Å². The molecule has 0 bridgehead atoms. The average molecular weight is 507 g/mol. The molecule has 0 fully saturated rings. The molecule has 0 aromatic heterocycles. The van der Waals surface area contributed by atoms with E-state index in [-0.39, 0.29) is 0 Å². The minimum atomic E-state index is 0.311. The molecule has 1 atom stereocenters. The molecule has 1 heterocycles. The fraction of sp³-hybridized carbons (Fsp3) is 0.111. The lowest BCUT2D eigenvalue weighted by atomic mass is 9.92. The zero-order valence-corrected chi connectivity index (χ0v) is 21.7. The second-order valence-electron chi connectivity index (χ2n) is 10.3. The van der Waals surface area contributed by atoms with Crippen molar-refractivity contribution in [3.63, 3.8) is 0 Å². The third-order valence-corrected chi connectivity index (χ3v) is 7.96. The lowest BCUT2D eigenvalue weighted by molar-refractivity contribution is 0.477. The normalized spacial score (nSPS) is 17.6. The van der Waals surface area contributed by atoms with Crippen LogP contribution in [0.25, 0.3) is 22.3 Å². The van der Waals surface area contributed by atoms with E-state index in [1.54, 1.807) is 6.07 Å². The predicted octanol–water partition coefficient (Wildman–Crippen LogP) is 9.10. The first-order valence-corrected chi connectivity index (χ1v) is 13.7. The monoisotopic (exact) mass is 506 g/mol. The molecular formula is C36H30N2O. The SMILES string of the molecule is Oc1ccccc1-c1cccc(C2=CC=C(Nc3cccc4c3C3=CC=CCC3N4c3ccccc3)CC2)c1. The summed E-state index contributed by atoms with van der Waals surface area (Å²) in [6.07, 6.45) is 14.1. The molecule has 2 aliphatic carbocycles. The molecule has 3 heteroatoms. The first-order valence-electron chi connectivity index (χ1n) is 13.7. The van der Waals surface area contributed by atoms with E-state index in [4.69, 9.17) is 0 Å². The van der Waals surface area contributed by atoms with Crippen molar-refractivity contribution in [2.75, 3.05) is 10.2 Å². The highest BCUT2D eigenvalue weighted by atomic mass is 16.3.